The Morgan fingerprint density at radius 2 is 2.00 bits per heavy atom. The van der Waals surface area contributed by atoms with E-state index in [0.29, 0.717) is 17.6 Å². The number of methoxy groups -OCH3 is 1. The molecule has 6 heteroatoms. The van der Waals surface area contributed by atoms with Gasteiger partial charge in [0.05, 0.1) is 12.8 Å². The van der Waals surface area contributed by atoms with Gasteiger partial charge in [-0.25, -0.2) is 13.1 Å². The van der Waals surface area contributed by atoms with Crippen LogP contribution in [0.2, 0.25) is 0 Å². The minimum absolute atomic E-state index is 0.0275. The second-order valence-corrected chi connectivity index (χ2v) is 7.58. The molecule has 3 N–H and O–H groups in total. The molecule has 1 aliphatic rings. The number of sulfonamides is 1. The predicted molar refractivity (Wildman–Crippen MR) is 83.7 cm³/mol. The van der Waals surface area contributed by atoms with Crippen molar-refractivity contribution in [2.75, 3.05) is 12.8 Å². The summed E-state index contributed by atoms with van der Waals surface area (Å²) < 4.78 is 33.0. The summed E-state index contributed by atoms with van der Waals surface area (Å²) in [7, 11) is -2.08. The molecule has 21 heavy (non-hydrogen) atoms. The molecule has 5 nitrogen and oxygen atoms in total. The van der Waals surface area contributed by atoms with E-state index in [0.717, 1.165) is 19.3 Å². The average Bonchev–Trinajstić information content (AvgIpc) is 2.43. The number of nitrogens with two attached hydrogens (primary N) is 1. The van der Waals surface area contributed by atoms with Crippen LogP contribution in [0.1, 0.15) is 33.1 Å². The lowest BCUT2D eigenvalue weighted by atomic mass is 9.78. The minimum Gasteiger partial charge on any atom is -0.497 e. The first kappa shape index (κ1) is 16.1. The Balaban J connectivity index is 2.22. The minimum atomic E-state index is -3.60. The van der Waals surface area contributed by atoms with Crippen LogP contribution in [-0.4, -0.2) is 21.6 Å². The largest absolute Gasteiger partial charge is 0.497 e. The van der Waals surface area contributed by atoms with Crippen LogP contribution in [0.15, 0.2) is 23.1 Å². The maximum Gasteiger partial charge on any atom is 0.242 e. The van der Waals surface area contributed by atoms with Crippen LogP contribution < -0.4 is 15.2 Å². The molecule has 1 fully saturated rings. The number of benzene rings is 1. The zero-order valence-corrected chi connectivity index (χ0v) is 13.6. The summed E-state index contributed by atoms with van der Waals surface area (Å²) >= 11 is 0. The molecule has 3 unspecified atom stereocenters. The Bertz CT molecular complexity index is 601. The fourth-order valence-electron chi connectivity index (χ4n) is 2.91. The van der Waals surface area contributed by atoms with Crippen molar-refractivity contribution >= 4 is 15.7 Å². The maximum atomic E-state index is 12.5. The van der Waals surface area contributed by atoms with E-state index in [4.69, 9.17) is 10.5 Å². The number of nitrogen functional groups attached to an aromatic ring is 1. The summed E-state index contributed by atoms with van der Waals surface area (Å²) in [4.78, 5) is 0.119. The van der Waals surface area contributed by atoms with Crippen LogP contribution in [0.3, 0.4) is 0 Å². The van der Waals surface area contributed by atoms with Crippen LogP contribution in [0.25, 0.3) is 0 Å². The van der Waals surface area contributed by atoms with Gasteiger partial charge in [0.1, 0.15) is 10.6 Å². The first-order valence-electron chi connectivity index (χ1n) is 7.31. The van der Waals surface area contributed by atoms with E-state index in [1.165, 1.54) is 19.2 Å². The third-order valence-electron chi connectivity index (χ3n) is 4.52. The zero-order chi connectivity index (χ0) is 15.6. The van der Waals surface area contributed by atoms with Crippen molar-refractivity contribution < 1.29 is 13.2 Å². The third-order valence-corrected chi connectivity index (χ3v) is 6.08. The van der Waals surface area contributed by atoms with Crippen molar-refractivity contribution in [2.45, 2.75) is 44.0 Å². The summed E-state index contributed by atoms with van der Waals surface area (Å²) in [6, 6.07) is 4.60. The van der Waals surface area contributed by atoms with Gasteiger partial charge >= 0.3 is 0 Å². The van der Waals surface area contributed by atoms with Gasteiger partial charge in [0.2, 0.25) is 10.0 Å². The molecule has 1 saturated carbocycles. The van der Waals surface area contributed by atoms with Crippen molar-refractivity contribution in [3.63, 3.8) is 0 Å². The van der Waals surface area contributed by atoms with Gasteiger partial charge in [-0.1, -0.05) is 26.7 Å². The van der Waals surface area contributed by atoms with Gasteiger partial charge < -0.3 is 10.5 Å². The Morgan fingerprint density at radius 1 is 1.29 bits per heavy atom. The highest BCUT2D eigenvalue weighted by Gasteiger charge is 2.31. The van der Waals surface area contributed by atoms with E-state index in [9.17, 15) is 8.42 Å². The maximum absolute atomic E-state index is 12.5. The standard InChI is InChI=1S/C15H24N2O3S/c1-10-5-4-6-14(11(10)2)17-21(18,19)15-8-7-12(20-3)9-13(15)16/h7-11,14,17H,4-6,16H2,1-3H3. The lowest BCUT2D eigenvalue weighted by molar-refractivity contribution is 0.227. The highest BCUT2D eigenvalue weighted by atomic mass is 32.2. The highest BCUT2D eigenvalue weighted by molar-refractivity contribution is 7.89. The molecule has 0 aliphatic heterocycles. The third kappa shape index (κ3) is 3.49. The van der Waals surface area contributed by atoms with Crippen molar-refractivity contribution in [2.24, 2.45) is 11.8 Å². The molecular weight excluding hydrogens is 288 g/mol. The first-order valence-corrected chi connectivity index (χ1v) is 8.79. The summed E-state index contributed by atoms with van der Waals surface area (Å²) in [5, 5.41) is 0. The normalized spacial score (nSPS) is 26.5. The molecule has 0 radical (unpaired) electrons. The molecule has 0 aromatic heterocycles. The zero-order valence-electron chi connectivity index (χ0n) is 12.8. The van der Waals surface area contributed by atoms with Gasteiger partial charge in [-0.15, -0.1) is 0 Å². The van der Waals surface area contributed by atoms with E-state index in [1.807, 2.05) is 0 Å². The van der Waals surface area contributed by atoms with Crippen LogP contribution in [0.4, 0.5) is 5.69 Å². The number of rotatable bonds is 4. The number of hydrogen-bond donors (Lipinski definition) is 2. The lowest BCUT2D eigenvalue weighted by Gasteiger charge is -2.34. The van der Waals surface area contributed by atoms with Crippen LogP contribution in [0, 0.1) is 11.8 Å². The first-order chi connectivity index (χ1) is 9.85. The van der Waals surface area contributed by atoms with Gasteiger partial charge in [-0.05, 0) is 30.4 Å². The van der Waals surface area contributed by atoms with E-state index < -0.39 is 10.0 Å². The highest BCUT2D eigenvalue weighted by Crippen LogP contribution is 2.31. The predicted octanol–water partition coefficient (Wildman–Crippen LogP) is 2.38. The summed E-state index contributed by atoms with van der Waals surface area (Å²) in [6.45, 7) is 4.28. The second kappa shape index (κ2) is 6.23. The van der Waals surface area contributed by atoms with Gasteiger partial charge in [-0.3, -0.25) is 0 Å². The fourth-order valence-corrected chi connectivity index (χ4v) is 4.38. The van der Waals surface area contributed by atoms with Crippen molar-refractivity contribution in [3.8, 4) is 5.75 Å². The van der Waals surface area contributed by atoms with E-state index >= 15 is 0 Å². The quantitative estimate of drug-likeness (QED) is 0.836. The van der Waals surface area contributed by atoms with Crippen LogP contribution >= 0.6 is 0 Å². The number of ether oxygens (including phenoxy) is 1. The molecule has 0 bridgehead atoms. The lowest BCUT2D eigenvalue weighted by Crippen LogP contribution is -2.43. The van der Waals surface area contributed by atoms with Crippen molar-refractivity contribution in [1.82, 2.24) is 4.72 Å². The second-order valence-electron chi connectivity index (χ2n) is 5.90. The van der Waals surface area contributed by atoms with Crippen molar-refractivity contribution in [1.29, 1.82) is 0 Å². The Kier molecular flexibility index (Phi) is 4.78. The van der Waals surface area contributed by atoms with Crippen LogP contribution in [0.5, 0.6) is 5.75 Å². The van der Waals surface area contributed by atoms with Crippen LogP contribution in [-0.2, 0) is 10.0 Å². The number of anilines is 1. The molecule has 1 aromatic carbocycles. The Hall–Kier alpha value is -1.27. The molecule has 0 saturated heterocycles. The molecule has 0 heterocycles. The van der Waals surface area contributed by atoms with Gasteiger partial charge in [0.15, 0.2) is 0 Å². The molecule has 3 atom stereocenters. The molecule has 118 valence electrons. The molecule has 0 amide bonds. The van der Waals surface area contributed by atoms with Gasteiger partial charge in [0, 0.05) is 12.1 Å². The monoisotopic (exact) mass is 312 g/mol. The van der Waals surface area contributed by atoms with E-state index in [-0.39, 0.29) is 16.6 Å². The summed E-state index contributed by atoms with van der Waals surface area (Å²) in [6.07, 6.45) is 3.08. The molecule has 2 rings (SSSR count). The van der Waals surface area contributed by atoms with Gasteiger partial charge in [0.25, 0.3) is 0 Å². The smallest absolute Gasteiger partial charge is 0.242 e. The molecule has 0 spiro atoms. The Morgan fingerprint density at radius 3 is 2.62 bits per heavy atom. The van der Waals surface area contributed by atoms with E-state index in [2.05, 4.69) is 18.6 Å². The van der Waals surface area contributed by atoms with E-state index in [1.54, 1.807) is 6.07 Å². The Labute approximate surface area is 126 Å². The molecule has 1 aromatic rings. The van der Waals surface area contributed by atoms with Crippen molar-refractivity contribution in [3.05, 3.63) is 18.2 Å². The summed E-state index contributed by atoms with van der Waals surface area (Å²) in [5.41, 5.74) is 6.06. The fraction of sp³-hybridized carbons (Fsp3) is 0.600. The number of nitrogens with one attached hydrogen (secondary N) is 1. The molecule has 1 aliphatic carbocycles. The SMILES string of the molecule is COc1ccc(S(=O)(=O)NC2CCCC(C)C2C)c(N)c1. The topological polar surface area (TPSA) is 81.4 Å². The average molecular weight is 312 g/mol. The van der Waals surface area contributed by atoms with Gasteiger partial charge in [-0.2, -0.15) is 0 Å². The summed E-state index contributed by atoms with van der Waals surface area (Å²) in [5.74, 6) is 1.40. The molecular formula is C15H24N2O3S. The number of hydrogen-bond acceptors (Lipinski definition) is 4.